The lowest BCUT2D eigenvalue weighted by Gasteiger charge is -2.10. The predicted octanol–water partition coefficient (Wildman–Crippen LogP) is 7.83. The van der Waals surface area contributed by atoms with E-state index in [9.17, 15) is 22.0 Å². The summed E-state index contributed by atoms with van der Waals surface area (Å²) < 4.78 is 84.1. The van der Waals surface area contributed by atoms with E-state index in [-0.39, 0.29) is 11.1 Å². The van der Waals surface area contributed by atoms with E-state index in [1.165, 1.54) is 11.6 Å². The van der Waals surface area contributed by atoms with E-state index in [1.54, 1.807) is 18.2 Å². The second-order valence-electron chi connectivity index (χ2n) is 7.84. The molecule has 1 nitrogen and oxygen atoms in total. The van der Waals surface area contributed by atoms with E-state index in [0.29, 0.717) is 10.8 Å². The Labute approximate surface area is 198 Å². The lowest BCUT2D eigenvalue weighted by molar-refractivity contribution is -0.154. The van der Waals surface area contributed by atoms with Crippen LogP contribution in [0.25, 0.3) is 21.9 Å². The Morgan fingerprint density at radius 3 is 2.06 bits per heavy atom. The van der Waals surface area contributed by atoms with Crippen LogP contribution in [0.3, 0.4) is 0 Å². The van der Waals surface area contributed by atoms with E-state index in [1.807, 2.05) is 30.3 Å². The molecule has 0 bridgehead atoms. The largest absolute Gasteiger partial charge is 0.478 e. The SMILES string of the molecule is CCc1ccc(-c2ccc3c(F)c(C#Cc4cc(F)c(OCC(F)(F)F)c(F)c4)ccc3c2)cc1. The number of hydrogen-bond acceptors (Lipinski definition) is 1. The van der Waals surface area contributed by atoms with Crippen LogP contribution >= 0.6 is 0 Å². The monoisotopic (exact) mass is 484 g/mol. The van der Waals surface area contributed by atoms with Gasteiger partial charge in [0.2, 0.25) is 0 Å². The predicted molar refractivity (Wildman–Crippen MR) is 123 cm³/mol. The van der Waals surface area contributed by atoms with Gasteiger partial charge in [0.1, 0.15) is 5.82 Å². The summed E-state index contributed by atoms with van der Waals surface area (Å²) in [7, 11) is 0. The van der Waals surface area contributed by atoms with Crippen molar-refractivity contribution < 1.29 is 31.1 Å². The molecular weight excluding hydrogens is 466 g/mol. The Kier molecular flexibility index (Phi) is 6.74. The molecule has 0 N–H and O–H groups in total. The third-order valence-corrected chi connectivity index (χ3v) is 5.37. The van der Waals surface area contributed by atoms with Gasteiger partial charge >= 0.3 is 6.18 Å². The van der Waals surface area contributed by atoms with Gasteiger partial charge in [0.25, 0.3) is 0 Å². The van der Waals surface area contributed by atoms with Crippen molar-refractivity contribution in [3.05, 3.63) is 101 Å². The molecule has 0 fully saturated rings. The van der Waals surface area contributed by atoms with Crippen molar-refractivity contribution in [3.8, 4) is 28.7 Å². The van der Waals surface area contributed by atoms with Crippen molar-refractivity contribution >= 4 is 10.8 Å². The minimum absolute atomic E-state index is 0.00997. The highest BCUT2D eigenvalue weighted by molar-refractivity contribution is 5.89. The highest BCUT2D eigenvalue weighted by atomic mass is 19.4. The Bertz CT molecular complexity index is 1420. The zero-order valence-corrected chi connectivity index (χ0v) is 18.4. The molecule has 0 unspecified atom stereocenters. The molecule has 4 aromatic carbocycles. The molecule has 0 aromatic heterocycles. The van der Waals surface area contributed by atoms with Crippen LogP contribution in [0.4, 0.5) is 26.3 Å². The summed E-state index contributed by atoms with van der Waals surface area (Å²) in [6, 6.07) is 18.0. The number of fused-ring (bicyclic) bond motifs is 1. The van der Waals surface area contributed by atoms with Gasteiger partial charge in [-0.3, -0.25) is 0 Å². The van der Waals surface area contributed by atoms with Crippen LogP contribution in [-0.2, 0) is 6.42 Å². The van der Waals surface area contributed by atoms with Gasteiger partial charge in [0, 0.05) is 10.9 Å². The van der Waals surface area contributed by atoms with E-state index >= 15 is 4.39 Å². The summed E-state index contributed by atoms with van der Waals surface area (Å²) in [5, 5.41) is 0.993. The standard InChI is InChI=1S/C28H18F6O/c1-2-17-3-6-19(7-4-17)21-11-12-23-22(15-21)10-9-20(26(23)31)8-5-18-13-24(29)27(25(30)14-18)35-16-28(32,33)34/h3-4,6-7,9-15H,2,16H2,1H3. The number of ether oxygens (including phenoxy) is 1. The van der Waals surface area contributed by atoms with Crippen LogP contribution < -0.4 is 4.74 Å². The first kappa shape index (κ1) is 24.2. The smallest absolute Gasteiger partial charge is 0.422 e. The minimum Gasteiger partial charge on any atom is -0.478 e. The van der Waals surface area contributed by atoms with Gasteiger partial charge in [-0.25, -0.2) is 13.2 Å². The molecule has 0 saturated heterocycles. The molecule has 0 atom stereocenters. The average Bonchev–Trinajstić information content (AvgIpc) is 2.82. The van der Waals surface area contributed by atoms with Crippen LogP contribution in [0, 0.1) is 29.3 Å². The maximum atomic E-state index is 15.1. The van der Waals surface area contributed by atoms with Gasteiger partial charge < -0.3 is 4.74 Å². The Balaban J connectivity index is 1.61. The number of alkyl halides is 3. The fraction of sp³-hybridized carbons (Fsp3) is 0.143. The fourth-order valence-electron chi connectivity index (χ4n) is 3.56. The minimum atomic E-state index is -4.74. The average molecular weight is 484 g/mol. The fourth-order valence-corrected chi connectivity index (χ4v) is 3.56. The van der Waals surface area contributed by atoms with Crippen LogP contribution in [0.5, 0.6) is 5.75 Å². The molecule has 0 spiro atoms. The van der Waals surface area contributed by atoms with Crippen LogP contribution in [-0.4, -0.2) is 12.8 Å². The highest BCUT2D eigenvalue weighted by Crippen LogP contribution is 2.28. The molecule has 178 valence electrons. The number of benzene rings is 4. The second-order valence-corrected chi connectivity index (χ2v) is 7.84. The molecule has 7 heteroatoms. The molecule has 0 radical (unpaired) electrons. The normalized spacial score (nSPS) is 11.3. The quantitative estimate of drug-likeness (QED) is 0.212. The van der Waals surface area contributed by atoms with Gasteiger partial charge in [0.05, 0.1) is 5.56 Å². The van der Waals surface area contributed by atoms with Crippen molar-refractivity contribution in [1.29, 1.82) is 0 Å². The topological polar surface area (TPSA) is 9.23 Å². The van der Waals surface area contributed by atoms with E-state index < -0.39 is 36.0 Å². The number of aryl methyl sites for hydroxylation is 1. The molecule has 35 heavy (non-hydrogen) atoms. The lowest BCUT2D eigenvalue weighted by atomic mass is 9.98. The van der Waals surface area contributed by atoms with Crippen molar-refractivity contribution in [2.24, 2.45) is 0 Å². The third kappa shape index (κ3) is 5.60. The van der Waals surface area contributed by atoms with Gasteiger partial charge in [-0.15, -0.1) is 0 Å². The number of rotatable bonds is 4. The highest BCUT2D eigenvalue weighted by Gasteiger charge is 2.29. The van der Waals surface area contributed by atoms with E-state index in [0.717, 1.165) is 29.7 Å². The summed E-state index contributed by atoms with van der Waals surface area (Å²) in [5.41, 5.74) is 2.98. The Morgan fingerprint density at radius 2 is 1.43 bits per heavy atom. The Morgan fingerprint density at radius 1 is 0.771 bits per heavy atom. The summed E-state index contributed by atoms with van der Waals surface area (Å²) in [6.07, 6.45) is -3.81. The molecule has 0 heterocycles. The summed E-state index contributed by atoms with van der Waals surface area (Å²) in [4.78, 5) is 0. The van der Waals surface area contributed by atoms with Gasteiger partial charge in [0.15, 0.2) is 24.0 Å². The Hall–Kier alpha value is -3.92. The van der Waals surface area contributed by atoms with Crippen molar-refractivity contribution in [2.75, 3.05) is 6.61 Å². The van der Waals surface area contributed by atoms with Crippen LogP contribution in [0.2, 0.25) is 0 Å². The number of hydrogen-bond donors (Lipinski definition) is 0. The zero-order chi connectivity index (χ0) is 25.2. The first-order chi connectivity index (χ1) is 16.6. The van der Waals surface area contributed by atoms with Crippen molar-refractivity contribution in [3.63, 3.8) is 0 Å². The molecular formula is C28H18F6O. The van der Waals surface area contributed by atoms with Gasteiger partial charge in [-0.05, 0) is 52.8 Å². The summed E-state index contributed by atoms with van der Waals surface area (Å²) in [5.74, 6) is 0.570. The number of halogens is 6. The second kappa shape index (κ2) is 9.75. The van der Waals surface area contributed by atoms with E-state index in [2.05, 4.69) is 23.5 Å². The van der Waals surface area contributed by atoms with Crippen LogP contribution in [0.1, 0.15) is 23.6 Å². The molecule has 4 aromatic rings. The maximum absolute atomic E-state index is 15.1. The van der Waals surface area contributed by atoms with Gasteiger partial charge in [-0.1, -0.05) is 61.2 Å². The molecule has 0 saturated carbocycles. The maximum Gasteiger partial charge on any atom is 0.422 e. The first-order valence-corrected chi connectivity index (χ1v) is 10.7. The van der Waals surface area contributed by atoms with Crippen molar-refractivity contribution in [2.45, 2.75) is 19.5 Å². The molecule has 0 amide bonds. The van der Waals surface area contributed by atoms with E-state index in [4.69, 9.17) is 0 Å². The molecule has 0 aliphatic carbocycles. The summed E-state index contributed by atoms with van der Waals surface area (Å²) in [6.45, 7) is 0.239. The van der Waals surface area contributed by atoms with Crippen molar-refractivity contribution in [1.82, 2.24) is 0 Å². The zero-order valence-electron chi connectivity index (χ0n) is 18.4. The van der Waals surface area contributed by atoms with Crippen LogP contribution in [0.15, 0.2) is 66.7 Å². The molecule has 0 aliphatic rings. The lowest BCUT2D eigenvalue weighted by Crippen LogP contribution is -2.20. The summed E-state index contributed by atoms with van der Waals surface area (Å²) >= 11 is 0. The first-order valence-electron chi connectivity index (χ1n) is 10.7. The van der Waals surface area contributed by atoms with Gasteiger partial charge in [-0.2, -0.15) is 13.2 Å². The molecule has 4 rings (SSSR count). The molecule has 0 aliphatic heterocycles. The third-order valence-electron chi connectivity index (χ3n) is 5.37.